The van der Waals surface area contributed by atoms with Crippen molar-refractivity contribution in [2.45, 2.75) is 89.4 Å². The molecule has 0 spiro atoms. The Kier molecular flexibility index (Phi) is 5.55. The van der Waals surface area contributed by atoms with E-state index in [9.17, 15) is 4.79 Å². The van der Waals surface area contributed by atoms with E-state index in [1.807, 2.05) is 0 Å². The maximum atomic E-state index is 14.3. The van der Waals surface area contributed by atoms with Gasteiger partial charge in [-0.25, -0.2) is 9.78 Å². The van der Waals surface area contributed by atoms with Crippen molar-refractivity contribution in [3.05, 3.63) is 69.6 Å². The van der Waals surface area contributed by atoms with Gasteiger partial charge in [0.15, 0.2) is 0 Å². The highest BCUT2D eigenvalue weighted by Gasteiger charge is 2.43. The second kappa shape index (κ2) is 8.91. The molecule has 5 aromatic rings. The van der Waals surface area contributed by atoms with Crippen molar-refractivity contribution < 1.29 is 4.42 Å². The molecule has 8 rings (SSSR count). The predicted octanol–water partition coefficient (Wildman–Crippen LogP) is 9.44. The van der Waals surface area contributed by atoms with Gasteiger partial charge in [-0.1, -0.05) is 77.3 Å². The van der Waals surface area contributed by atoms with Crippen LogP contribution < -0.4 is 10.5 Å². The van der Waals surface area contributed by atoms with Crippen LogP contribution in [0, 0.1) is 0 Å². The molecular weight excluding hydrogens is 524 g/mol. The van der Waals surface area contributed by atoms with Crippen molar-refractivity contribution in [1.29, 1.82) is 0 Å². The van der Waals surface area contributed by atoms with Crippen LogP contribution >= 0.6 is 11.3 Å². The van der Waals surface area contributed by atoms with Crippen LogP contribution in [0.25, 0.3) is 42.5 Å². The summed E-state index contributed by atoms with van der Waals surface area (Å²) in [7, 11) is 0. The van der Waals surface area contributed by atoms with Gasteiger partial charge >= 0.3 is 5.63 Å². The summed E-state index contributed by atoms with van der Waals surface area (Å²) in [5, 5.41) is 4.36. The molecule has 0 bridgehead atoms. The van der Waals surface area contributed by atoms with Crippen LogP contribution in [0.4, 0.5) is 5.69 Å². The summed E-state index contributed by atoms with van der Waals surface area (Å²) in [6.45, 7) is 11.6. The van der Waals surface area contributed by atoms with E-state index < -0.39 is 0 Å². The molecule has 0 radical (unpaired) electrons. The molecule has 2 aliphatic heterocycles. The van der Waals surface area contributed by atoms with E-state index in [2.05, 4.69) is 75.1 Å². The first-order valence-electron chi connectivity index (χ1n) is 15.5. The van der Waals surface area contributed by atoms with Gasteiger partial charge in [-0.2, -0.15) is 0 Å². The summed E-state index contributed by atoms with van der Waals surface area (Å²) in [5.74, 6) is 0.342. The van der Waals surface area contributed by atoms with Gasteiger partial charge in [-0.3, -0.25) is 0 Å². The minimum atomic E-state index is -0.222. The fourth-order valence-corrected chi connectivity index (χ4v) is 9.17. The minimum absolute atomic E-state index is 0.0659. The maximum absolute atomic E-state index is 14.3. The molecule has 3 aliphatic rings. The molecule has 4 nitrogen and oxygen atoms in total. The molecule has 1 aliphatic carbocycles. The highest BCUT2D eigenvalue weighted by Crippen LogP contribution is 2.54. The Morgan fingerprint density at radius 2 is 1.68 bits per heavy atom. The third-order valence-electron chi connectivity index (χ3n) is 10.5. The van der Waals surface area contributed by atoms with Crippen LogP contribution in [-0.2, 0) is 10.8 Å². The van der Waals surface area contributed by atoms with Crippen molar-refractivity contribution in [2.24, 2.45) is 0 Å². The van der Waals surface area contributed by atoms with Gasteiger partial charge in [-0.05, 0) is 71.1 Å². The first kappa shape index (κ1) is 25.5. The fourth-order valence-electron chi connectivity index (χ4n) is 8.03. The Bertz CT molecular complexity index is 1920. The Morgan fingerprint density at radius 1 is 0.927 bits per heavy atom. The van der Waals surface area contributed by atoms with E-state index >= 15 is 0 Å². The van der Waals surface area contributed by atoms with Crippen LogP contribution in [0.3, 0.4) is 0 Å². The molecule has 1 saturated carbocycles. The number of hydrogen-bond acceptors (Lipinski definition) is 5. The van der Waals surface area contributed by atoms with Gasteiger partial charge in [0.1, 0.15) is 16.2 Å². The molecule has 0 unspecified atom stereocenters. The molecule has 1 fully saturated rings. The topological polar surface area (TPSA) is 46.3 Å². The molecule has 2 aromatic heterocycles. The lowest BCUT2D eigenvalue weighted by Gasteiger charge is -2.48. The van der Waals surface area contributed by atoms with E-state index in [0.717, 1.165) is 65.0 Å². The average Bonchev–Trinajstić information content (AvgIpc) is 3.40. The highest BCUT2D eigenvalue weighted by molar-refractivity contribution is 7.22. The fraction of sp³-hybridized carbons (Fsp3) is 0.444. The van der Waals surface area contributed by atoms with Crippen LogP contribution in [0.1, 0.15) is 95.2 Å². The Hall–Kier alpha value is -3.18. The van der Waals surface area contributed by atoms with Crippen molar-refractivity contribution in [2.75, 3.05) is 18.0 Å². The molecule has 4 heterocycles. The van der Waals surface area contributed by atoms with Gasteiger partial charge in [-0.15, -0.1) is 11.3 Å². The van der Waals surface area contributed by atoms with Crippen molar-refractivity contribution >= 4 is 49.0 Å². The Labute approximate surface area is 245 Å². The number of anilines is 1. The Balaban J connectivity index is 1.49. The number of aromatic nitrogens is 1. The van der Waals surface area contributed by atoms with Crippen molar-refractivity contribution in [1.82, 2.24) is 4.98 Å². The lowest BCUT2D eigenvalue weighted by atomic mass is 9.68. The minimum Gasteiger partial charge on any atom is -0.422 e. The summed E-state index contributed by atoms with van der Waals surface area (Å²) in [6.07, 6.45) is 8.12. The van der Waals surface area contributed by atoms with Crippen LogP contribution in [-0.4, -0.2) is 18.1 Å². The van der Waals surface area contributed by atoms with E-state index in [-0.39, 0.29) is 16.5 Å². The standard InChI is InChI=1S/C36H38N2O2S/c1-35(2)16-18-38-19-17-36(3,4)29-30(38)25(35)20-24-27(22-11-6-5-7-12-22)28(34(39)40-31(24)29)33-37-26-15-14-21-10-8-9-13-23(21)32(26)41-33/h8-10,13-15,20,22H,5-7,11-12,16-19H2,1-4H3. The van der Waals surface area contributed by atoms with E-state index in [4.69, 9.17) is 9.40 Å². The van der Waals surface area contributed by atoms with Crippen LogP contribution in [0.15, 0.2) is 51.7 Å². The second-order valence-corrected chi connectivity index (χ2v) is 14.9. The molecule has 210 valence electrons. The first-order chi connectivity index (χ1) is 19.7. The quantitative estimate of drug-likeness (QED) is 0.201. The lowest BCUT2D eigenvalue weighted by Crippen LogP contribution is -2.44. The maximum Gasteiger partial charge on any atom is 0.346 e. The van der Waals surface area contributed by atoms with Crippen LogP contribution in [0.5, 0.6) is 0 Å². The molecule has 3 aromatic carbocycles. The predicted molar refractivity (Wildman–Crippen MR) is 172 cm³/mol. The third kappa shape index (κ3) is 3.77. The molecular formula is C36H38N2O2S. The van der Waals surface area contributed by atoms with E-state index in [1.165, 1.54) is 52.4 Å². The third-order valence-corrected chi connectivity index (χ3v) is 11.6. The number of hydrogen-bond donors (Lipinski definition) is 0. The molecule has 5 heteroatoms. The zero-order valence-corrected chi connectivity index (χ0v) is 25.4. The molecule has 0 amide bonds. The van der Waals surface area contributed by atoms with Gasteiger partial charge in [0.05, 0.1) is 10.2 Å². The summed E-state index contributed by atoms with van der Waals surface area (Å²) in [6, 6.07) is 15.1. The highest BCUT2D eigenvalue weighted by atomic mass is 32.1. The smallest absolute Gasteiger partial charge is 0.346 e. The summed E-state index contributed by atoms with van der Waals surface area (Å²) < 4.78 is 7.66. The molecule has 0 saturated heterocycles. The lowest BCUT2D eigenvalue weighted by molar-refractivity contribution is 0.398. The van der Waals surface area contributed by atoms with Crippen LogP contribution in [0.2, 0.25) is 0 Å². The number of nitrogens with zero attached hydrogens (tertiary/aromatic N) is 2. The summed E-state index contributed by atoms with van der Waals surface area (Å²) in [4.78, 5) is 22.0. The Morgan fingerprint density at radius 3 is 2.49 bits per heavy atom. The van der Waals surface area contributed by atoms with Gasteiger partial charge in [0.25, 0.3) is 0 Å². The van der Waals surface area contributed by atoms with E-state index in [1.54, 1.807) is 11.3 Å². The summed E-state index contributed by atoms with van der Waals surface area (Å²) >= 11 is 1.65. The SMILES string of the molecule is CC1(C)CCN2CCC(C)(C)c3c2c1cc1c(C2CCCCC2)c(-c2nc4ccc5ccccc5c4s2)c(=O)oc31. The zero-order chi connectivity index (χ0) is 28.1. The van der Waals surface area contributed by atoms with E-state index in [0.29, 0.717) is 11.5 Å². The normalized spacial score (nSPS) is 20.1. The summed E-state index contributed by atoms with van der Waals surface area (Å²) in [5.41, 5.74) is 7.48. The monoisotopic (exact) mass is 562 g/mol. The largest absolute Gasteiger partial charge is 0.422 e. The second-order valence-electron chi connectivity index (χ2n) is 13.9. The van der Waals surface area contributed by atoms with Gasteiger partial charge in [0.2, 0.25) is 0 Å². The van der Waals surface area contributed by atoms with Gasteiger partial charge < -0.3 is 9.32 Å². The molecule has 0 N–H and O–H groups in total. The number of rotatable bonds is 2. The number of thiazole rings is 1. The van der Waals surface area contributed by atoms with Crippen molar-refractivity contribution in [3.8, 4) is 10.6 Å². The van der Waals surface area contributed by atoms with Crippen molar-refractivity contribution in [3.63, 3.8) is 0 Å². The number of benzene rings is 3. The number of fused-ring (bicyclic) bond motifs is 5. The molecule has 41 heavy (non-hydrogen) atoms. The zero-order valence-electron chi connectivity index (χ0n) is 24.6. The first-order valence-corrected chi connectivity index (χ1v) is 16.3. The van der Waals surface area contributed by atoms with Gasteiger partial charge in [0, 0.05) is 35.1 Å². The average molecular weight is 563 g/mol. The molecule has 0 atom stereocenters.